The fourth-order valence-corrected chi connectivity index (χ4v) is 2.76. The lowest BCUT2D eigenvalue weighted by Gasteiger charge is -2.32. The van der Waals surface area contributed by atoms with E-state index in [0.717, 1.165) is 18.5 Å². The highest BCUT2D eigenvalue weighted by Gasteiger charge is 2.24. The van der Waals surface area contributed by atoms with E-state index in [4.69, 9.17) is 19.9 Å². The van der Waals surface area contributed by atoms with Crippen LogP contribution in [0.15, 0.2) is 46.2 Å². The fourth-order valence-electron chi connectivity index (χ4n) is 2.76. The lowest BCUT2D eigenvalue weighted by Crippen LogP contribution is -2.37. The molecule has 2 N–H and O–H groups in total. The monoisotopic (exact) mass is 330 g/mol. The molecular formula is C17H22N4O3. The van der Waals surface area contributed by atoms with Gasteiger partial charge >= 0.3 is 0 Å². The van der Waals surface area contributed by atoms with E-state index in [2.05, 4.69) is 22.1 Å². The van der Waals surface area contributed by atoms with Gasteiger partial charge in [-0.2, -0.15) is 0 Å². The molecule has 3 rings (SSSR count). The summed E-state index contributed by atoms with van der Waals surface area (Å²) >= 11 is 0. The average molecular weight is 330 g/mol. The third-order valence-corrected chi connectivity index (χ3v) is 4.02. The van der Waals surface area contributed by atoms with Crippen molar-refractivity contribution < 1.29 is 14.2 Å². The molecule has 7 heteroatoms. The first-order valence-corrected chi connectivity index (χ1v) is 7.85. The number of nitrogens with two attached hydrogens (primary N) is 1. The van der Waals surface area contributed by atoms with Crippen LogP contribution >= 0.6 is 0 Å². The molecular weight excluding hydrogens is 308 g/mol. The van der Waals surface area contributed by atoms with E-state index < -0.39 is 6.35 Å². The third-order valence-electron chi connectivity index (χ3n) is 4.02. The summed E-state index contributed by atoms with van der Waals surface area (Å²) in [7, 11) is 3.26. The Labute approximate surface area is 141 Å². The molecule has 0 bridgehead atoms. The second-order valence-corrected chi connectivity index (χ2v) is 5.58. The topological polar surface area (TPSA) is 81.7 Å². The first-order valence-electron chi connectivity index (χ1n) is 7.85. The van der Waals surface area contributed by atoms with E-state index in [1.54, 1.807) is 20.4 Å². The lowest BCUT2D eigenvalue weighted by atomic mass is 10.1. The van der Waals surface area contributed by atoms with Gasteiger partial charge in [-0.25, -0.2) is 9.98 Å². The van der Waals surface area contributed by atoms with Crippen molar-refractivity contribution in [1.82, 2.24) is 0 Å². The molecule has 0 saturated carbocycles. The molecule has 0 fully saturated rings. The van der Waals surface area contributed by atoms with Crippen molar-refractivity contribution in [3.8, 4) is 0 Å². The number of benzene rings is 1. The molecule has 2 atom stereocenters. The molecule has 0 radical (unpaired) electrons. The van der Waals surface area contributed by atoms with Crippen molar-refractivity contribution in [3.05, 3.63) is 41.8 Å². The van der Waals surface area contributed by atoms with Crippen LogP contribution in [-0.2, 0) is 20.6 Å². The van der Waals surface area contributed by atoms with E-state index in [0.29, 0.717) is 18.5 Å². The standard InChI is InChI=1S/C17H22N4O3/c1-22-15-9-10-19-17(23-2)21(15)14-7-4-12(5-8-14)3-6-13-11-24-16(18)20-13/h4-5,7-10,13,17H,3,6,11H2,1-2H3,(H2,18,20)/t13?,17-/m0/s1. The van der Waals surface area contributed by atoms with Gasteiger partial charge in [0.05, 0.1) is 13.2 Å². The summed E-state index contributed by atoms with van der Waals surface area (Å²) in [5, 5.41) is 0. The van der Waals surface area contributed by atoms with Crippen LogP contribution in [0.3, 0.4) is 0 Å². The van der Waals surface area contributed by atoms with Gasteiger partial charge in [0.15, 0.2) is 5.88 Å². The third kappa shape index (κ3) is 3.51. The summed E-state index contributed by atoms with van der Waals surface area (Å²) in [5.41, 5.74) is 7.72. The van der Waals surface area contributed by atoms with Gasteiger partial charge in [0.2, 0.25) is 6.35 Å². The minimum atomic E-state index is -0.427. The Bertz CT molecular complexity index is 654. The lowest BCUT2D eigenvalue weighted by molar-refractivity contribution is 0.0960. The Morgan fingerprint density at radius 1 is 1.29 bits per heavy atom. The number of ether oxygens (including phenoxy) is 3. The molecule has 0 aromatic heterocycles. The number of aryl methyl sites for hydroxylation is 1. The van der Waals surface area contributed by atoms with Gasteiger partial charge in [-0.05, 0) is 30.5 Å². The zero-order valence-corrected chi connectivity index (χ0v) is 13.9. The molecule has 0 amide bonds. The summed E-state index contributed by atoms with van der Waals surface area (Å²) in [6.07, 6.45) is 4.91. The summed E-state index contributed by atoms with van der Waals surface area (Å²) < 4.78 is 16.0. The van der Waals surface area contributed by atoms with Crippen LogP contribution < -0.4 is 10.6 Å². The molecule has 0 saturated heterocycles. The number of rotatable bonds is 6. The van der Waals surface area contributed by atoms with Crippen molar-refractivity contribution >= 4 is 17.9 Å². The Morgan fingerprint density at radius 3 is 2.71 bits per heavy atom. The van der Waals surface area contributed by atoms with E-state index >= 15 is 0 Å². The molecule has 7 nitrogen and oxygen atoms in total. The minimum Gasteiger partial charge on any atom is -0.482 e. The van der Waals surface area contributed by atoms with E-state index in [1.165, 1.54) is 5.56 Å². The molecule has 0 spiro atoms. The predicted molar refractivity (Wildman–Crippen MR) is 93.0 cm³/mol. The number of amidine groups is 1. The van der Waals surface area contributed by atoms with Gasteiger partial charge in [0.1, 0.15) is 6.61 Å². The number of nitrogens with zero attached hydrogens (tertiary/aromatic N) is 3. The number of allylic oxidation sites excluding steroid dienone is 1. The van der Waals surface area contributed by atoms with Gasteiger partial charge in [-0.3, -0.25) is 4.90 Å². The Morgan fingerprint density at radius 2 is 2.08 bits per heavy atom. The van der Waals surface area contributed by atoms with Gasteiger partial charge in [-0.15, -0.1) is 0 Å². The summed E-state index contributed by atoms with van der Waals surface area (Å²) in [6.45, 7) is 0.577. The van der Waals surface area contributed by atoms with Gasteiger partial charge < -0.3 is 19.9 Å². The zero-order valence-electron chi connectivity index (χ0n) is 13.9. The SMILES string of the molecule is COC1=CC=N[C@H](OC)N1c1ccc(CCC2COC(N)=N2)cc1. The number of aliphatic imine (C=N–C) groups is 2. The quantitative estimate of drug-likeness (QED) is 0.857. The van der Waals surface area contributed by atoms with Crippen LogP contribution in [0, 0.1) is 0 Å². The van der Waals surface area contributed by atoms with Crippen molar-refractivity contribution in [3.63, 3.8) is 0 Å². The van der Waals surface area contributed by atoms with Crippen LogP contribution in [0.4, 0.5) is 5.69 Å². The molecule has 1 aromatic rings. The summed E-state index contributed by atoms with van der Waals surface area (Å²) in [6, 6.07) is 8.72. The van der Waals surface area contributed by atoms with Gasteiger partial charge in [0.25, 0.3) is 6.02 Å². The van der Waals surface area contributed by atoms with Crippen molar-refractivity contribution in [2.75, 3.05) is 25.7 Å². The first kappa shape index (κ1) is 16.3. The van der Waals surface area contributed by atoms with Crippen molar-refractivity contribution in [2.45, 2.75) is 25.2 Å². The second kappa shape index (κ2) is 7.35. The molecule has 1 unspecified atom stereocenters. The van der Waals surface area contributed by atoms with Crippen LogP contribution in [-0.4, -0.2) is 45.5 Å². The minimum absolute atomic E-state index is 0.155. The van der Waals surface area contributed by atoms with Crippen LogP contribution in [0.2, 0.25) is 0 Å². The van der Waals surface area contributed by atoms with Crippen molar-refractivity contribution in [2.24, 2.45) is 15.7 Å². The largest absolute Gasteiger partial charge is 0.482 e. The van der Waals surface area contributed by atoms with Crippen molar-refractivity contribution in [1.29, 1.82) is 0 Å². The maximum Gasteiger partial charge on any atom is 0.282 e. The van der Waals surface area contributed by atoms with E-state index in [1.807, 2.05) is 23.1 Å². The fraction of sp³-hybridized carbons (Fsp3) is 0.412. The molecule has 2 heterocycles. The Balaban J connectivity index is 1.67. The maximum absolute atomic E-state index is 5.53. The van der Waals surface area contributed by atoms with E-state index in [9.17, 15) is 0 Å². The second-order valence-electron chi connectivity index (χ2n) is 5.58. The Kier molecular flexibility index (Phi) is 5.00. The maximum atomic E-state index is 5.53. The molecule has 0 aliphatic carbocycles. The highest BCUT2D eigenvalue weighted by atomic mass is 16.5. The average Bonchev–Trinajstić information content (AvgIpc) is 3.05. The molecule has 24 heavy (non-hydrogen) atoms. The normalized spacial score (nSPS) is 22.8. The van der Waals surface area contributed by atoms with Gasteiger partial charge in [-0.1, -0.05) is 12.1 Å². The van der Waals surface area contributed by atoms with Crippen LogP contribution in [0.25, 0.3) is 0 Å². The highest BCUT2D eigenvalue weighted by molar-refractivity contribution is 5.75. The number of anilines is 1. The Hall–Kier alpha value is -2.54. The molecule has 2 aliphatic rings. The molecule has 1 aromatic carbocycles. The molecule has 128 valence electrons. The highest BCUT2D eigenvalue weighted by Crippen LogP contribution is 2.26. The van der Waals surface area contributed by atoms with Crippen LogP contribution in [0.1, 0.15) is 12.0 Å². The van der Waals surface area contributed by atoms with Gasteiger partial charge in [0, 0.05) is 25.1 Å². The molecule has 2 aliphatic heterocycles. The summed E-state index contributed by atoms with van der Waals surface area (Å²) in [5.74, 6) is 0.692. The van der Waals surface area contributed by atoms with Crippen LogP contribution in [0.5, 0.6) is 0 Å². The predicted octanol–water partition coefficient (Wildman–Crippen LogP) is 1.64. The zero-order chi connectivity index (χ0) is 16.9. The smallest absolute Gasteiger partial charge is 0.282 e. The van der Waals surface area contributed by atoms with E-state index in [-0.39, 0.29) is 6.04 Å². The first-order chi connectivity index (χ1) is 11.7. The summed E-state index contributed by atoms with van der Waals surface area (Å²) in [4.78, 5) is 10.5. The number of methoxy groups -OCH3 is 2. The number of hydrogen-bond acceptors (Lipinski definition) is 7. The number of hydrogen-bond donors (Lipinski definition) is 1.